The molecule has 3 amide bonds. The van der Waals surface area contributed by atoms with E-state index in [9.17, 15) is 9.59 Å². The summed E-state index contributed by atoms with van der Waals surface area (Å²) in [5.41, 5.74) is 2.95. The lowest BCUT2D eigenvalue weighted by Crippen LogP contribution is -2.49. The Labute approximate surface area is 162 Å². The third-order valence-corrected chi connectivity index (χ3v) is 4.62. The van der Waals surface area contributed by atoms with E-state index in [2.05, 4.69) is 16.1 Å². The van der Waals surface area contributed by atoms with Crippen LogP contribution in [0.3, 0.4) is 0 Å². The van der Waals surface area contributed by atoms with Crippen molar-refractivity contribution in [2.24, 2.45) is 0 Å². The van der Waals surface area contributed by atoms with E-state index >= 15 is 0 Å². The fourth-order valence-electron chi connectivity index (χ4n) is 3.00. The normalized spacial score (nSPS) is 18.8. The Morgan fingerprint density at radius 1 is 1.19 bits per heavy atom. The van der Waals surface area contributed by atoms with Crippen molar-refractivity contribution < 1.29 is 14.3 Å². The predicted molar refractivity (Wildman–Crippen MR) is 106 cm³/mol. The van der Waals surface area contributed by atoms with Crippen molar-refractivity contribution >= 4 is 35.0 Å². The first-order valence-corrected chi connectivity index (χ1v) is 8.85. The van der Waals surface area contributed by atoms with Gasteiger partial charge < -0.3 is 15.4 Å². The van der Waals surface area contributed by atoms with Crippen LogP contribution in [0, 0.1) is 0 Å². The Kier molecular flexibility index (Phi) is 5.27. The summed E-state index contributed by atoms with van der Waals surface area (Å²) in [7, 11) is 1.57. The van der Waals surface area contributed by atoms with Crippen LogP contribution < -0.4 is 20.8 Å². The van der Waals surface area contributed by atoms with E-state index in [1.165, 1.54) is 0 Å². The number of hydrogen-bond donors (Lipinski definition) is 3. The highest BCUT2D eigenvalue weighted by molar-refractivity contribution is 7.80. The van der Waals surface area contributed by atoms with E-state index in [0.717, 1.165) is 10.6 Å². The Morgan fingerprint density at radius 3 is 2.59 bits per heavy atom. The van der Waals surface area contributed by atoms with Crippen molar-refractivity contribution in [3.05, 3.63) is 60.2 Å². The van der Waals surface area contributed by atoms with E-state index in [1.54, 1.807) is 31.4 Å². The molecule has 1 atom stereocenters. The number of urea groups is 1. The number of carbonyl (C=O) groups is 2. The fraction of sp³-hybridized carbons (Fsp3) is 0.211. The molecule has 1 aliphatic heterocycles. The Hall–Kier alpha value is -3.13. The first kappa shape index (κ1) is 18.7. The molecule has 1 saturated heterocycles. The van der Waals surface area contributed by atoms with Gasteiger partial charge in [-0.3, -0.25) is 10.2 Å². The van der Waals surface area contributed by atoms with Gasteiger partial charge in [0.1, 0.15) is 11.3 Å². The molecular formula is C19H20N4O3S. The standard InChI is InChI=1S/C19H20N4O3S/c1-3-19(13-8-5-4-6-9-13)16(24)23(18(25)21-19)22-17(27)20-14-10-7-11-15(12-14)26-2/h4-12H,3H2,1-2H3,(H,21,25)(H2,20,22,27)/t19-/m0/s1. The smallest absolute Gasteiger partial charge is 0.344 e. The molecule has 8 heteroatoms. The summed E-state index contributed by atoms with van der Waals surface area (Å²) in [6.45, 7) is 1.85. The number of benzene rings is 2. The van der Waals surface area contributed by atoms with Gasteiger partial charge in [0.2, 0.25) is 0 Å². The highest BCUT2D eigenvalue weighted by Gasteiger charge is 2.51. The molecule has 1 aliphatic rings. The number of ether oxygens (including phenoxy) is 1. The average Bonchev–Trinajstić information content (AvgIpc) is 2.94. The number of nitrogens with one attached hydrogen (secondary N) is 3. The van der Waals surface area contributed by atoms with Crippen LogP contribution in [0.4, 0.5) is 10.5 Å². The lowest BCUT2D eigenvalue weighted by atomic mass is 9.87. The molecule has 1 heterocycles. The molecule has 0 saturated carbocycles. The van der Waals surface area contributed by atoms with Gasteiger partial charge in [0.05, 0.1) is 7.11 Å². The van der Waals surface area contributed by atoms with Gasteiger partial charge in [-0.15, -0.1) is 0 Å². The lowest BCUT2D eigenvalue weighted by molar-refractivity contribution is -0.133. The third kappa shape index (κ3) is 3.56. The molecule has 0 aromatic heterocycles. The van der Waals surface area contributed by atoms with Crippen molar-refractivity contribution in [3.8, 4) is 5.75 Å². The van der Waals surface area contributed by atoms with Crippen molar-refractivity contribution in [2.45, 2.75) is 18.9 Å². The van der Waals surface area contributed by atoms with Gasteiger partial charge >= 0.3 is 6.03 Å². The number of thiocarbonyl (C=S) groups is 1. The van der Waals surface area contributed by atoms with Crippen LogP contribution in [-0.4, -0.2) is 29.2 Å². The van der Waals surface area contributed by atoms with E-state index < -0.39 is 17.5 Å². The SMILES string of the molecule is CC[C@@]1(c2ccccc2)NC(=O)N(NC(=S)Nc2cccc(OC)c2)C1=O. The Balaban J connectivity index is 1.76. The number of hydrogen-bond acceptors (Lipinski definition) is 4. The largest absolute Gasteiger partial charge is 0.497 e. The molecule has 3 rings (SSSR count). The zero-order valence-electron chi connectivity index (χ0n) is 15.0. The summed E-state index contributed by atoms with van der Waals surface area (Å²) in [6.07, 6.45) is 0.413. The maximum absolute atomic E-state index is 13.0. The highest BCUT2D eigenvalue weighted by atomic mass is 32.1. The third-order valence-electron chi connectivity index (χ3n) is 4.43. The summed E-state index contributed by atoms with van der Waals surface area (Å²) in [5, 5.41) is 6.75. The van der Waals surface area contributed by atoms with Crippen LogP contribution in [0.2, 0.25) is 0 Å². The first-order chi connectivity index (χ1) is 13.0. The number of anilines is 1. The maximum Gasteiger partial charge on any atom is 0.344 e. The second-order valence-electron chi connectivity index (χ2n) is 5.99. The lowest BCUT2D eigenvalue weighted by Gasteiger charge is -2.25. The number of nitrogens with zero attached hydrogens (tertiary/aromatic N) is 1. The highest BCUT2D eigenvalue weighted by Crippen LogP contribution is 2.31. The summed E-state index contributed by atoms with van der Waals surface area (Å²) in [4.78, 5) is 25.5. The molecule has 3 N–H and O–H groups in total. The summed E-state index contributed by atoms with van der Waals surface area (Å²) < 4.78 is 5.16. The zero-order chi connectivity index (χ0) is 19.4. The fourth-order valence-corrected chi connectivity index (χ4v) is 3.21. The molecule has 0 unspecified atom stereocenters. The van der Waals surface area contributed by atoms with Crippen molar-refractivity contribution in [3.63, 3.8) is 0 Å². The molecule has 2 aromatic carbocycles. The van der Waals surface area contributed by atoms with Crippen LogP contribution in [0.5, 0.6) is 5.75 Å². The number of methoxy groups -OCH3 is 1. The van der Waals surface area contributed by atoms with Gasteiger partial charge in [0.25, 0.3) is 5.91 Å². The molecule has 1 fully saturated rings. The number of rotatable bonds is 5. The predicted octanol–water partition coefficient (Wildman–Crippen LogP) is 2.75. The minimum absolute atomic E-state index is 0.117. The molecule has 7 nitrogen and oxygen atoms in total. The molecule has 0 bridgehead atoms. The minimum atomic E-state index is -1.11. The quantitative estimate of drug-likeness (QED) is 0.543. The Bertz CT molecular complexity index is 874. The van der Waals surface area contributed by atoms with Gasteiger partial charge in [0.15, 0.2) is 5.11 Å². The van der Waals surface area contributed by atoms with Crippen LogP contribution >= 0.6 is 12.2 Å². The van der Waals surface area contributed by atoms with Gasteiger partial charge in [-0.25, -0.2) is 4.79 Å². The second kappa shape index (κ2) is 7.63. The summed E-state index contributed by atoms with van der Waals surface area (Å²) in [5.74, 6) is 0.253. The monoisotopic (exact) mass is 384 g/mol. The van der Waals surface area contributed by atoms with Gasteiger partial charge in [-0.2, -0.15) is 5.01 Å². The topological polar surface area (TPSA) is 82.7 Å². The van der Waals surface area contributed by atoms with Gasteiger partial charge in [0, 0.05) is 11.8 Å². The van der Waals surface area contributed by atoms with Crippen LogP contribution in [-0.2, 0) is 10.3 Å². The second-order valence-corrected chi connectivity index (χ2v) is 6.40. The van der Waals surface area contributed by atoms with Crippen LogP contribution in [0.1, 0.15) is 18.9 Å². The van der Waals surface area contributed by atoms with Crippen molar-refractivity contribution in [2.75, 3.05) is 12.4 Å². The average molecular weight is 384 g/mol. The number of imide groups is 1. The van der Waals surface area contributed by atoms with Crippen LogP contribution in [0.15, 0.2) is 54.6 Å². The maximum atomic E-state index is 13.0. The molecule has 140 valence electrons. The molecule has 0 aliphatic carbocycles. The van der Waals surface area contributed by atoms with Crippen molar-refractivity contribution in [1.82, 2.24) is 15.8 Å². The molecular weight excluding hydrogens is 364 g/mol. The van der Waals surface area contributed by atoms with Gasteiger partial charge in [-0.1, -0.05) is 43.3 Å². The summed E-state index contributed by atoms with van der Waals surface area (Å²) in [6, 6.07) is 15.7. The number of hydrazine groups is 1. The number of amides is 3. The summed E-state index contributed by atoms with van der Waals surface area (Å²) >= 11 is 5.25. The van der Waals surface area contributed by atoms with E-state index in [0.29, 0.717) is 17.9 Å². The minimum Gasteiger partial charge on any atom is -0.497 e. The first-order valence-electron chi connectivity index (χ1n) is 8.44. The van der Waals surface area contributed by atoms with E-state index in [4.69, 9.17) is 17.0 Å². The molecule has 27 heavy (non-hydrogen) atoms. The molecule has 0 spiro atoms. The Morgan fingerprint density at radius 2 is 1.93 bits per heavy atom. The van der Waals surface area contributed by atoms with E-state index in [-0.39, 0.29) is 5.11 Å². The molecule has 2 aromatic rings. The number of carbonyl (C=O) groups excluding carboxylic acids is 2. The van der Waals surface area contributed by atoms with Gasteiger partial charge in [-0.05, 0) is 36.3 Å². The van der Waals surface area contributed by atoms with Crippen LogP contribution in [0.25, 0.3) is 0 Å². The zero-order valence-corrected chi connectivity index (χ0v) is 15.8. The van der Waals surface area contributed by atoms with Crippen molar-refractivity contribution in [1.29, 1.82) is 0 Å². The van der Waals surface area contributed by atoms with E-state index in [1.807, 2.05) is 37.3 Å². The molecule has 0 radical (unpaired) electrons.